The Kier molecular flexibility index (Phi) is 6.54. The van der Waals surface area contributed by atoms with Crippen LogP contribution in [0.2, 0.25) is 0 Å². The number of aryl methyl sites for hydroxylation is 3. The quantitative estimate of drug-likeness (QED) is 0.365. The SMILES string of the molecule is Cc1cccc(-n2nc(C)c(CCC(=O)Nc3ccc(F)cc3)c2Oc2ccccc2C)c1. The van der Waals surface area contributed by atoms with Gasteiger partial charge in [0, 0.05) is 17.7 Å². The molecule has 0 aliphatic carbocycles. The van der Waals surface area contributed by atoms with Crippen LogP contribution in [-0.4, -0.2) is 15.7 Å². The zero-order valence-electron chi connectivity index (χ0n) is 18.9. The molecule has 0 unspecified atom stereocenters. The fourth-order valence-electron chi connectivity index (χ4n) is 3.64. The predicted molar refractivity (Wildman–Crippen MR) is 128 cm³/mol. The number of benzene rings is 3. The molecule has 1 aromatic heterocycles. The molecule has 1 amide bonds. The maximum Gasteiger partial charge on any atom is 0.226 e. The maximum absolute atomic E-state index is 13.1. The molecule has 0 spiro atoms. The summed E-state index contributed by atoms with van der Waals surface area (Å²) in [5, 5.41) is 7.55. The van der Waals surface area contributed by atoms with E-state index >= 15 is 0 Å². The number of ether oxygens (including phenoxy) is 1. The first kappa shape index (κ1) is 22.3. The van der Waals surface area contributed by atoms with Crippen LogP contribution >= 0.6 is 0 Å². The molecule has 1 N–H and O–H groups in total. The second-order valence-corrected chi connectivity index (χ2v) is 8.04. The lowest BCUT2D eigenvalue weighted by Gasteiger charge is -2.13. The molecule has 33 heavy (non-hydrogen) atoms. The Hall–Kier alpha value is -3.93. The van der Waals surface area contributed by atoms with Gasteiger partial charge in [0.1, 0.15) is 11.6 Å². The lowest BCUT2D eigenvalue weighted by Crippen LogP contribution is -2.12. The van der Waals surface area contributed by atoms with Gasteiger partial charge >= 0.3 is 0 Å². The van der Waals surface area contributed by atoms with Crippen LogP contribution in [0.4, 0.5) is 10.1 Å². The number of rotatable bonds is 7. The van der Waals surface area contributed by atoms with Gasteiger partial charge in [-0.3, -0.25) is 4.79 Å². The van der Waals surface area contributed by atoms with Crippen molar-refractivity contribution in [3.63, 3.8) is 0 Å². The van der Waals surface area contributed by atoms with E-state index in [0.717, 1.165) is 33.8 Å². The van der Waals surface area contributed by atoms with E-state index in [1.165, 1.54) is 12.1 Å². The first-order valence-electron chi connectivity index (χ1n) is 10.8. The average Bonchev–Trinajstić information content (AvgIpc) is 3.10. The minimum Gasteiger partial charge on any atom is -0.438 e. The van der Waals surface area contributed by atoms with Gasteiger partial charge in [0.15, 0.2) is 0 Å². The highest BCUT2D eigenvalue weighted by Gasteiger charge is 2.20. The van der Waals surface area contributed by atoms with Crippen molar-refractivity contribution in [3.8, 4) is 17.3 Å². The number of aromatic nitrogens is 2. The Balaban J connectivity index is 1.63. The van der Waals surface area contributed by atoms with Crippen LogP contribution in [0.3, 0.4) is 0 Å². The van der Waals surface area contributed by atoms with Gasteiger partial charge in [0.05, 0.1) is 11.4 Å². The summed E-state index contributed by atoms with van der Waals surface area (Å²) in [6.07, 6.45) is 0.688. The summed E-state index contributed by atoms with van der Waals surface area (Å²) in [5.74, 6) is 0.835. The molecule has 4 rings (SSSR count). The number of hydrogen-bond donors (Lipinski definition) is 1. The van der Waals surface area contributed by atoms with Crippen molar-refractivity contribution >= 4 is 11.6 Å². The molecule has 6 heteroatoms. The third-order valence-corrected chi connectivity index (χ3v) is 5.41. The minimum atomic E-state index is -0.342. The van der Waals surface area contributed by atoms with Crippen LogP contribution in [0, 0.1) is 26.6 Å². The molecule has 1 heterocycles. The molecule has 5 nitrogen and oxygen atoms in total. The number of hydrogen-bond acceptors (Lipinski definition) is 3. The van der Waals surface area contributed by atoms with E-state index in [4.69, 9.17) is 9.84 Å². The van der Waals surface area contributed by atoms with Crippen molar-refractivity contribution in [2.24, 2.45) is 0 Å². The number of amides is 1. The highest BCUT2D eigenvalue weighted by molar-refractivity contribution is 5.90. The van der Waals surface area contributed by atoms with Crippen LogP contribution in [0.5, 0.6) is 11.6 Å². The molecule has 0 bridgehead atoms. The van der Waals surface area contributed by atoms with E-state index in [1.54, 1.807) is 16.8 Å². The summed E-state index contributed by atoms with van der Waals surface area (Å²) in [6, 6.07) is 21.6. The molecule has 0 radical (unpaired) electrons. The van der Waals surface area contributed by atoms with Crippen molar-refractivity contribution < 1.29 is 13.9 Å². The van der Waals surface area contributed by atoms with Crippen molar-refractivity contribution in [1.29, 1.82) is 0 Å². The molecule has 0 saturated heterocycles. The van der Waals surface area contributed by atoms with Gasteiger partial charge in [0.25, 0.3) is 0 Å². The highest BCUT2D eigenvalue weighted by atomic mass is 19.1. The van der Waals surface area contributed by atoms with E-state index in [1.807, 2.05) is 69.3 Å². The Morgan fingerprint density at radius 1 is 1.00 bits per heavy atom. The summed E-state index contributed by atoms with van der Waals surface area (Å²) in [6.45, 7) is 5.94. The van der Waals surface area contributed by atoms with Crippen molar-refractivity contribution in [3.05, 3.63) is 101 Å². The smallest absolute Gasteiger partial charge is 0.226 e. The fraction of sp³-hybridized carbons (Fsp3) is 0.185. The number of carbonyl (C=O) groups is 1. The number of nitrogens with zero attached hydrogens (tertiary/aromatic N) is 2. The Morgan fingerprint density at radius 2 is 1.76 bits per heavy atom. The highest BCUT2D eigenvalue weighted by Crippen LogP contribution is 2.33. The van der Waals surface area contributed by atoms with Crippen LogP contribution in [0.15, 0.2) is 72.8 Å². The van der Waals surface area contributed by atoms with E-state index < -0.39 is 0 Å². The Labute approximate surface area is 192 Å². The van der Waals surface area contributed by atoms with E-state index in [9.17, 15) is 9.18 Å². The zero-order chi connectivity index (χ0) is 23.4. The molecule has 0 fully saturated rings. The largest absolute Gasteiger partial charge is 0.438 e. The molecule has 0 aliphatic heterocycles. The first-order valence-corrected chi connectivity index (χ1v) is 10.8. The van der Waals surface area contributed by atoms with Gasteiger partial charge < -0.3 is 10.1 Å². The molecular formula is C27H26FN3O2. The zero-order valence-corrected chi connectivity index (χ0v) is 18.9. The minimum absolute atomic E-state index is 0.161. The molecule has 4 aromatic rings. The number of para-hydroxylation sites is 1. The lowest BCUT2D eigenvalue weighted by atomic mass is 10.1. The third-order valence-electron chi connectivity index (χ3n) is 5.41. The van der Waals surface area contributed by atoms with Gasteiger partial charge in [-0.2, -0.15) is 5.10 Å². The van der Waals surface area contributed by atoms with Gasteiger partial charge in [-0.05, 0) is 80.8 Å². The van der Waals surface area contributed by atoms with Crippen LogP contribution in [-0.2, 0) is 11.2 Å². The Morgan fingerprint density at radius 3 is 2.48 bits per heavy atom. The molecule has 0 aliphatic rings. The molecule has 0 atom stereocenters. The topological polar surface area (TPSA) is 56.2 Å². The van der Waals surface area contributed by atoms with Crippen molar-refractivity contribution in [1.82, 2.24) is 9.78 Å². The van der Waals surface area contributed by atoms with Crippen LogP contribution in [0.25, 0.3) is 5.69 Å². The lowest BCUT2D eigenvalue weighted by molar-refractivity contribution is -0.116. The fourth-order valence-corrected chi connectivity index (χ4v) is 3.64. The molecular weight excluding hydrogens is 417 g/mol. The summed E-state index contributed by atoms with van der Waals surface area (Å²) in [7, 11) is 0. The standard InChI is InChI=1S/C27H26FN3O2/c1-18-7-6-9-23(17-18)31-27(33-25-10-5-4-8-19(25)2)24(20(3)30-31)15-16-26(32)29-22-13-11-21(28)12-14-22/h4-14,17H,15-16H2,1-3H3,(H,29,32). The first-order chi connectivity index (χ1) is 15.9. The van der Waals surface area contributed by atoms with Gasteiger partial charge in [-0.15, -0.1) is 0 Å². The van der Waals surface area contributed by atoms with Gasteiger partial charge in [0.2, 0.25) is 11.8 Å². The van der Waals surface area contributed by atoms with E-state index in [-0.39, 0.29) is 18.1 Å². The summed E-state index contributed by atoms with van der Waals surface area (Å²) < 4.78 is 21.3. The maximum atomic E-state index is 13.1. The van der Waals surface area contributed by atoms with Crippen LogP contribution in [0.1, 0.15) is 28.8 Å². The monoisotopic (exact) mass is 443 g/mol. The van der Waals surface area contributed by atoms with Gasteiger partial charge in [-0.1, -0.05) is 30.3 Å². The second-order valence-electron chi connectivity index (χ2n) is 8.04. The summed E-state index contributed by atoms with van der Waals surface area (Å²) in [4.78, 5) is 12.6. The van der Waals surface area contributed by atoms with Crippen molar-refractivity contribution in [2.75, 3.05) is 5.32 Å². The second kappa shape index (κ2) is 9.69. The van der Waals surface area contributed by atoms with Crippen LogP contribution < -0.4 is 10.1 Å². The number of carbonyl (C=O) groups excluding carboxylic acids is 1. The number of anilines is 1. The molecule has 0 saturated carbocycles. The predicted octanol–water partition coefficient (Wildman–Crippen LogP) is 6.30. The van der Waals surface area contributed by atoms with E-state index in [2.05, 4.69) is 5.32 Å². The van der Waals surface area contributed by atoms with Gasteiger partial charge in [-0.25, -0.2) is 9.07 Å². The van der Waals surface area contributed by atoms with E-state index in [0.29, 0.717) is 18.0 Å². The number of halogens is 1. The number of nitrogens with one attached hydrogen (secondary N) is 1. The summed E-state index contributed by atoms with van der Waals surface area (Å²) >= 11 is 0. The Bertz CT molecular complexity index is 1280. The average molecular weight is 444 g/mol. The summed E-state index contributed by atoms with van der Waals surface area (Å²) in [5.41, 5.74) is 5.24. The molecule has 3 aromatic carbocycles. The van der Waals surface area contributed by atoms with Crippen molar-refractivity contribution in [2.45, 2.75) is 33.6 Å². The molecule has 168 valence electrons. The third kappa shape index (κ3) is 5.29. The normalized spacial score (nSPS) is 10.8.